The zero-order chi connectivity index (χ0) is 12.3. The fourth-order valence-electron chi connectivity index (χ4n) is 1.70. The Balaban J connectivity index is 3.11. The van der Waals surface area contributed by atoms with Crippen molar-refractivity contribution >= 4 is 23.2 Å². The number of nitrogens with two attached hydrogens (primary N) is 1. The van der Waals surface area contributed by atoms with Crippen LogP contribution in [0.2, 0.25) is 10.0 Å². The number of halogens is 2. The van der Waals surface area contributed by atoms with Gasteiger partial charge in [0.05, 0.1) is 12.1 Å². The minimum absolute atomic E-state index is 0.182. The van der Waals surface area contributed by atoms with Crippen LogP contribution in [0.3, 0.4) is 0 Å². The van der Waals surface area contributed by atoms with Crippen molar-refractivity contribution in [1.82, 2.24) is 4.90 Å². The minimum atomic E-state index is -0.659. The van der Waals surface area contributed by atoms with E-state index in [-0.39, 0.29) is 12.6 Å². The maximum atomic E-state index is 9.88. The van der Waals surface area contributed by atoms with Crippen molar-refractivity contribution in [2.75, 3.05) is 20.6 Å². The van der Waals surface area contributed by atoms with Gasteiger partial charge in [0.25, 0.3) is 0 Å². The smallest absolute Gasteiger partial charge is 0.0859 e. The molecule has 0 fully saturated rings. The van der Waals surface area contributed by atoms with Crippen LogP contribution in [0.1, 0.15) is 11.6 Å². The second kappa shape index (κ2) is 5.84. The Morgan fingerprint density at radius 3 is 2.44 bits per heavy atom. The van der Waals surface area contributed by atoms with Crippen molar-refractivity contribution in [3.8, 4) is 0 Å². The summed E-state index contributed by atoms with van der Waals surface area (Å²) in [6.45, 7) is 0.182. The first-order valence-corrected chi connectivity index (χ1v) is 5.72. The molecule has 3 N–H and O–H groups in total. The Morgan fingerprint density at radius 2 is 2.00 bits per heavy atom. The summed E-state index contributed by atoms with van der Waals surface area (Å²) in [5.74, 6) is 0. The molecule has 1 rings (SSSR count). The summed E-state index contributed by atoms with van der Waals surface area (Å²) in [5.41, 5.74) is 6.31. The lowest BCUT2D eigenvalue weighted by atomic mass is 10.0. The van der Waals surface area contributed by atoms with Gasteiger partial charge in [0, 0.05) is 16.6 Å². The van der Waals surface area contributed by atoms with Gasteiger partial charge in [-0.25, -0.2) is 0 Å². The molecule has 0 spiro atoms. The summed E-state index contributed by atoms with van der Waals surface area (Å²) in [6.07, 6.45) is -0.659. The number of nitrogens with zero attached hydrogens (tertiary/aromatic N) is 1. The zero-order valence-corrected chi connectivity index (χ0v) is 10.8. The van der Waals surface area contributed by atoms with Gasteiger partial charge in [-0.2, -0.15) is 0 Å². The molecule has 0 radical (unpaired) electrons. The molecule has 0 saturated heterocycles. The van der Waals surface area contributed by atoms with Crippen LogP contribution < -0.4 is 5.73 Å². The van der Waals surface area contributed by atoms with Crippen molar-refractivity contribution in [1.29, 1.82) is 0 Å². The molecule has 0 bridgehead atoms. The molecule has 90 valence electrons. The molecular formula is C11H16Cl2N2O. The largest absolute Gasteiger partial charge is 0.390 e. The first-order chi connectivity index (χ1) is 7.47. The van der Waals surface area contributed by atoms with E-state index < -0.39 is 6.10 Å². The van der Waals surface area contributed by atoms with Gasteiger partial charge in [-0.05, 0) is 31.8 Å². The quantitative estimate of drug-likeness (QED) is 0.872. The van der Waals surface area contributed by atoms with E-state index in [0.717, 1.165) is 5.56 Å². The van der Waals surface area contributed by atoms with Crippen molar-refractivity contribution in [2.24, 2.45) is 5.73 Å². The molecule has 0 amide bonds. The molecule has 0 saturated carbocycles. The van der Waals surface area contributed by atoms with Gasteiger partial charge < -0.3 is 10.8 Å². The standard InChI is InChI=1S/C11H16Cl2N2O/c1-15(2)11(10(16)6-14)8-4-3-7(12)5-9(8)13/h3-5,10-11,16H,6,14H2,1-2H3. The summed E-state index contributed by atoms with van der Waals surface area (Å²) in [6, 6.07) is 5.00. The van der Waals surface area contributed by atoms with Crippen LogP contribution in [0.15, 0.2) is 18.2 Å². The fraction of sp³-hybridized carbons (Fsp3) is 0.455. The SMILES string of the molecule is CN(C)C(c1ccc(Cl)cc1Cl)C(O)CN. The molecular weight excluding hydrogens is 247 g/mol. The number of hydrogen-bond donors (Lipinski definition) is 2. The Bertz CT molecular complexity index is 358. The number of aliphatic hydroxyl groups excluding tert-OH is 1. The molecule has 2 unspecified atom stereocenters. The van der Waals surface area contributed by atoms with Crippen LogP contribution in [0.25, 0.3) is 0 Å². The van der Waals surface area contributed by atoms with Crippen LogP contribution in [0, 0.1) is 0 Å². The minimum Gasteiger partial charge on any atom is -0.390 e. The van der Waals surface area contributed by atoms with Gasteiger partial charge >= 0.3 is 0 Å². The van der Waals surface area contributed by atoms with E-state index in [4.69, 9.17) is 28.9 Å². The van der Waals surface area contributed by atoms with Gasteiger partial charge in [-0.3, -0.25) is 4.90 Å². The Kier molecular flexibility index (Phi) is 5.02. The normalized spacial score (nSPS) is 15.2. The van der Waals surface area contributed by atoms with E-state index in [0.29, 0.717) is 10.0 Å². The average molecular weight is 263 g/mol. The van der Waals surface area contributed by atoms with Gasteiger partial charge in [-0.15, -0.1) is 0 Å². The Hall–Kier alpha value is -0.320. The van der Waals surface area contributed by atoms with Gasteiger partial charge in [-0.1, -0.05) is 29.3 Å². The first-order valence-electron chi connectivity index (χ1n) is 4.97. The number of hydrogen-bond acceptors (Lipinski definition) is 3. The predicted molar refractivity (Wildman–Crippen MR) is 68.0 cm³/mol. The van der Waals surface area contributed by atoms with Gasteiger partial charge in [0.15, 0.2) is 0 Å². The summed E-state index contributed by atoms with van der Waals surface area (Å²) in [4.78, 5) is 1.88. The van der Waals surface area contributed by atoms with E-state index in [9.17, 15) is 5.11 Å². The summed E-state index contributed by atoms with van der Waals surface area (Å²) in [7, 11) is 3.74. The van der Waals surface area contributed by atoms with Crippen LogP contribution >= 0.6 is 23.2 Å². The topological polar surface area (TPSA) is 49.5 Å². The van der Waals surface area contributed by atoms with Crippen LogP contribution in [0.5, 0.6) is 0 Å². The summed E-state index contributed by atoms with van der Waals surface area (Å²) >= 11 is 11.9. The highest BCUT2D eigenvalue weighted by molar-refractivity contribution is 6.35. The molecule has 0 aliphatic heterocycles. The second-order valence-corrected chi connectivity index (χ2v) is 4.72. The van der Waals surface area contributed by atoms with E-state index in [1.54, 1.807) is 12.1 Å². The lowest BCUT2D eigenvalue weighted by molar-refractivity contribution is 0.0824. The summed E-state index contributed by atoms with van der Waals surface area (Å²) in [5, 5.41) is 11.0. The third kappa shape index (κ3) is 3.09. The molecule has 1 aromatic rings. The Labute approximate surface area is 106 Å². The second-order valence-electron chi connectivity index (χ2n) is 3.88. The van der Waals surface area contributed by atoms with Gasteiger partial charge in [0.1, 0.15) is 0 Å². The third-order valence-electron chi connectivity index (χ3n) is 2.44. The predicted octanol–water partition coefficient (Wildman–Crippen LogP) is 1.92. The Morgan fingerprint density at radius 1 is 1.38 bits per heavy atom. The van der Waals surface area contributed by atoms with Crippen LogP contribution in [-0.4, -0.2) is 36.8 Å². The molecule has 3 nitrogen and oxygen atoms in total. The highest BCUT2D eigenvalue weighted by atomic mass is 35.5. The van der Waals surface area contributed by atoms with Gasteiger partial charge in [0.2, 0.25) is 0 Å². The first kappa shape index (κ1) is 13.7. The molecule has 16 heavy (non-hydrogen) atoms. The highest BCUT2D eigenvalue weighted by Gasteiger charge is 2.24. The van der Waals surface area contributed by atoms with Crippen LogP contribution in [0.4, 0.5) is 0 Å². The maximum absolute atomic E-state index is 9.88. The van der Waals surface area contributed by atoms with Crippen molar-refractivity contribution in [3.05, 3.63) is 33.8 Å². The molecule has 1 aromatic carbocycles. The van der Waals surface area contributed by atoms with E-state index in [1.807, 2.05) is 25.1 Å². The molecule has 0 heterocycles. The molecule has 0 aromatic heterocycles. The van der Waals surface area contributed by atoms with E-state index in [1.165, 1.54) is 0 Å². The molecule has 0 aliphatic rings. The molecule has 2 atom stereocenters. The van der Waals surface area contributed by atoms with Crippen molar-refractivity contribution in [2.45, 2.75) is 12.1 Å². The third-order valence-corrected chi connectivity index (χ3v) is 3.01. The number of rotatable bonds is 4. The fourth-order valence-corrected chi connectivity index (χ4v) is 2.22. The maximum Gasteiger partial charge on any atom is 0.0859 e. The van der Waals surface area contributed by atoms with E-state index >= 15 is 0 Å². The number of aliphatic hydroxyl groups is 1. The lowest BCUT2D eigenvalue weighted by Gasteiger charge is -2.29. The number of benzene rings is 1. The lowest BCUT2D eigenvalue weighted by Crippen LogP contribution is -2.36. The molecule has 0 aliphatic carbocycles. The van der Waals surface area contributed by atoms with E-state index in [2.05, 4.69) is 0 Å². The number of likely N-dealkylation sites (N-methyl/N-ethyl adjacent to an activating group) is 1. The molecule has 5 heteroatoms. The van der Waals surface area contributed by atoms with Crippen molar-refractivity contribution < 1.29 is 5.11 Å². The summed E-state index contributed by atoms with van der Waals surface area (Å²) < 4.78 is 0. The zero-order valence-electron chi connectivity index (χ0n) is 9.32. The average Bonchev–Trinajstić information content (AvgIpc) is 2.21. The monoisotopic (exact) mass is 262 g/mol. The van der Waals surface area contributed by atoms with Crippen molar-refractivity contribution in [3.63, 3.8) is 0 Å². The highest BCUT2D eigenvalue weighted by Crippen LogP contribution is 2.30. The van der Waals surface area contributed by atoms with Crippen LogP contribution in [-0.2, 0) is 0 Å².